The molecule has 31 heavy (non-hydrogen) atoms. The van der Waals surface area contributed by atoms with Crippen LogP contribution < -0.4 is 10.5 Å². The van der Waals surface area contributed by atoms with Gasteiger partial charge in [0.25, 0.3) is 5.91 Å². The summed E-state index contributed by atoms with van der Waals surface area (Å²) in [6.07, 6.45) is 2.32. The fourth-order valence-corrected chi connectivity index (χ4v) is 4.81. The van der Waals surface area contributed by atoms with Crippen LogP contribution in [-0.2, 0) is 22.9 Å². The van der Waals surface area contributed by atoms with Crippen molar-refractivity contribution in [3.63, 3.8) is 0 Å². The number of hydrogen-bond acceptors (Lipinski definition) is 5. The smallest absolute Gasteiger partial charge is 0.252 e. The Morgan fingerprint density at radius 3 is 2.39 bits per heavy atom. The molecule has 0 saturated heterocycles. The van der Waals surface area contributed by atoms with E-state index >= 15 is 0 Å². The normalized spacial score (nSPS) is 11.5. The summed E-state index contributed by atoms with van der Waals surface area (Å²) < 4.78 is 26.6. The van der Waals surface area contributed by atoms with Gasteiger partial charge in [-0.1, -0.05) is 31.5 Å². The monoisotopic (exact) mass is 442 g/mol. The number of hydrogen-bond donors (Lipinski definition) is 4. The molecule has 0 radical (unpaired) electrons. The van der Waals surface area contributed by atoms with Gasteiger partial charge in [-0.3, -0.25) is 9.52 Å². The van der Waals surface area contributed by atoms with Crippen LogP contribution in [0.4, 0.5) is 5.69 Å². The lowest BCUT2D eigenvalue weighted by Crippen LogP contribution is -2.16. The molecule has 0 saturated carbocycles. The maximum atomic E-state index is 12.0. The van der Waals surface area contributed by atoms with Crippen molar-refractivity contribution in [2.75, 3.05) is 10.5 Å². The predicted octanol–water partition coefficient (Wildman–Crippen LogP) is 3.68. The van der Waals surface area contributed by atoms with Gasteiger partial charge in [0.05, 0.1) is 11.3 Å². The maximum Gasteiger partial charge on any atom is 0.252 e. The Morgan fingerprint density at radius 1 is 1.03 bits per heavy atom. The molecule has 0 aromatic heterocycles. The minimum atomic E-state index is -3.37. The molecule has 0 bridgehead atoms. The van der Waals surface area contributed by atoms with Gasteiger partial charge < -0.3 is 15.9 Å². The fourth-order valence-electron chi connectivity index (χ4n) is 3.55. The van der Waals surface area contributed by atoms with Crippen LogP contribution in [0.1, 0.15) is 41.3 Å². The van der Waals surface area contributed by atoms with Gasteiger partial charge in [-0.2, -0.15) is 0 Å². The number of carbonyl (C=O) groups is 1. The van der Waals surface area contributed by atoms with Crippen LogP contribution in [0, 0.1) is 0 Å². The van der Waals surface area contributed by atoms with E-state index in [1.165, 1.54) is 12.1 Å². The molecule has 3 aromatic rings. The second kappa shape index (κ2) is 9.26. The molecule has 3 aromatic carbocycles. The Kier molecular flexibility index (Phi) is 6.70. The fraction of sp³-hybridized carbons (Fsp3) is 0.261. The molecule has 164 valence electrons. The Bertz CT molecular complexity index is 1200. The number of aryl methyl sites for hydroxylation is 2. The van der Waals surface area contributed by atoms with E-state index in [1.54, 1.807) is 24.3 Å². The van der Waals surface area contributed by atoms with E-state index in [9.17, 15) is 23.4 Å². The van der Waals surface area contributed by atoms with Crippen molar-refractivity contribution < 1.29 is 23.4 Å². The zero-order valence-corrected chi connectivity index (χ0v) is 18.1. The molecule has 0 aliphatic rings. The summed E-state index contributed by atoms with van der Waals surface area (Å²) >= 11 is 0. The summed E-state index contributed by atoms with van der Waals surface area (Å²) in [5.41, 5.74) is 7.51. The van der Waals surface area contributed by atoms with E-state index in [0.717, 1.165) is 12.0 Å². The summed E-state index contributed by atoms with van der Waals surface area (Å²) in [6, 6.07) is 13.2. The van der Waals surface area contributed by atoms with E-state index < -0.39 is 15.9 Å². The second-order valence-corrected chi connectivity index (χ2v) is 9.33. The Balaban J connectivity index is 1.83. The molecule has 7 nitrogen and oxygen atoms in total. The van der Waals surface area contributed by atoms with Crippen molar-refractivity contribution in [1.29, 1.82) is 0 Å². The summed E-state index contributed by atoms with van der Waals surface area (Å²) in [6.45, 7) is 1.94. The minimum absolute atomic E-state index is 0.0402. The van der Waals surface area contributed by atoms with Gasteiger partial charge in [-0.05, 0) is 71.5 Å². The van der Waals surface area contributed by atoms with Crippen LogP contribution in [-0.4, -0.2) is 30.3 Å². The van der Waals surface area contributed by atoms with E-state index in [0.29, 0.717) is 41.3 Å². The van der Waals surface area contributed by atoms with Crippen molar-refractivity contribution in [3.05, 3.63) is 65.2 Å². The summed E-state index contributed by atoms with van der Waals surface area (Å²) in [5.74, 6) is -0.805. The predicted molar refractivity (Wildman–Crippen MR) is 122 cm³/mol. The lowest BCUT2D eigenvalue weighted by Gasteiger charge is -2.14. The highest BCUT2D eigenvalue weighted by molar-refractivity contribution is 7.92. The molecule has 0 heterocycles. The summed E-state index contributed by atoms with van der Waals surface area (Å²) in [4.78, 5) is 12.0. The molecule has 8 heteroatoms. The number of carbonyl (C=O) groups excluding carboxylic acids is 1. The van der Waals surface area contributed by atoms with Crippen LogP contribution in [0.25, 0.3) is 10.8 Å². The number of amides is 1. The van der Waals surface area contributed by atoms with E-state index in [1.807, 2.05) is 19.1 Å². The topological polar surface area (TPSA) is 130 Å². The van der Waals surface area contributed by atoms with Crippen LogP contribution in [0.3, 0.4) is 0 Å². The zero-order chi connectivity index (χ0) is 22.6. The number of rotatable bonds is 9. The van der Waals surface area contributed by atoms with Gasteiger partial charge in [0.1, 0.15) is 11.5 Å². The number of fused-ring (bicyclic) bond motifs is 1. The molecule has 0 spiro atoms. The van der Waals surface area contributed by atoms with E-state index in [4.69, 9.17) is 5.73 Å². The number of benzene rings is 3. The van der Waals surface area contributed by atoms with Crippen molar-refractivity contribution >= 4 is 32.4 Å². The number of sulfonamides is 1. The molecular weight excluding hydrogens is 416 g/mol. The van der Waals surface area contributed by atoms with Gasteiger partial charge in [0, 0.05) is 5.69 Å². The molecule has 5 N–H and O–H groups in total. The first-order valence-electron chi connectivity index (χ1n) is 10.1. The van der Waals surface area contributed by atoms with Gasteiger partial charge >= 0.3 is 0 Å². The Labute approximate surface area is 181 Å². The molecule has 0 atom stereocenters. The lowest BCUT2D eigenvalue weighted by atomic mass is 9.92. The maximum absolute atomic E-state index is 12.0. The quantitative estimate of drug-likeness (QED) is 0.402. The third-order valence-corrected chi connectivity index (χ3v) is 6.49. The third-order valence-electron chi connectivity index (χ3n) is 5.12. The Morgan fingerprint density at radius 2 is 1.74 bits per heavy atom. The minimum Gasteiger partial charge on any atom is -0.508 e. The molecule has 0 fully saturated rings. The second-order valence-electron chi connectivity index (χ2n) is 7.49. The highest BCUT2D eigenvalue weighted by Gasteiger charge is 2.18. The average molecular weight is 443 g/mol. The van der Waals surface area contributed by atoms with Crippen LogP contribution in [0.5, 0.6) is 11.5 Å². The van der Waals surface area contributed by atoms with Crippen LogP contribution in [0.15, 0.2) is 48.5 Å². The Hall–Kier alpha value is -3.26. The summed E-state index contributed by atoms with van der Waals surface area (Å²) in [7, 11) is -3.37. The molecule has 0 unspecified atom stereocenters. The number of aromatic hydroxyl groups is 2. The van der Waals surface area contributed by atoms with Gasteiger partial charge in [-0.25, -0.2) is 8.42 Å². The van der Waals surface area contributed by atoms with E-state index in [-0.39, 0.29) is 22.8 Å². The number of unbranched alkanes of at least 4 members (excludes halogenated alkanes) is 1. The van der Waals surface area contributed by atoms with E-state index in [2.05, 4.69) is 4.72 Å². The van der Waals surface area contributed by atoms with Gasteiger partial charge in [0.15, 0.2) is 0 Å². The first-order chi connectivity index (χ1) is 14.7. The number of primary amides is 1. The molecule has 0 aliphatic heterocycles. The van der Waals surface area contributed by atoms with Crippen molar-refractivity contribution in [3.8, 4) is 11.5 Å². The average Bonchev–Trinajstić information content (AvgIpc) is 2.71. The van der Waals surface area contributed by atoms with Crippen LogP contribution in [0.2, 0.25) is 0 Å². The van der Waals surface area contributed by atoms with Crippen molar-refractivity contribution in [1.82, 2.24) is 0 Å². The number of anilines is 1. The number of nitrogens with two attached hydrogens (primary N) is 1. The number of phenols is 2. The summed E-state index contributed by atoms with van der Waals surface area (Å²) in [5, 5.41) is 21.5. The lowest BCUT2D eigenvalue weighted by molar-refractivity contribution is 0.0997. The molecular formula is C23H26N2O5S. The van der Waals surface area contributed by atoms with Crippen molar-refractivity contribution in [2.24, 2.45) is 5.73 Å². The van der Waals surface area contributed by atoms with Crippen molar-refractivity contribution in [2.45, 2.75) is 32.6 Å². The number of phenolic OH excluding ortho intramolecular Hbond substituents is 1. The SMILES string of the molecule is CCCCS(=O)(=O)Nc1ccc(CCc2c(C(N)=O)c(O)cc3ccc(O)cc23)cc1. The highest BCUT2D eigenvalue weighted by Crippen LogP contribution is 2.33. The molecule has 1 amide bonds. The standard InChI is InChI=1S/C23H26N2O5S/c1-2-3-12-31(29,30)25-17-8-4-15(5-9-17)6-11-19-20-14-18(26)10-7-16(20)13-21(27)22(19)23(24)28/h4-5,7-10,13-14,25-27H,2-3,6,11-12H2,1H3,(H2,24,28). The van der Waals surface area contributed by atoms with Gasteiger partial charge in [0.2, 0.25) is 10.0 Å². The largest absolute Gasteiger partial charge is 0.508 e. The molecule has 0 aliphatic carbocycles. The first-order valence-corrected chi connectivity index (χ1v) is 11.7. The first kappa shape index (κ1) is 22.4. The highest BCUT2D eigenvalue weighted by atomic mass is 32.2. The third kappa shape index (κ3) is 5.46. The van der Waals surface area contributed by atoms with Gasteiger partial charge in [-0.15, -0.1) is 0 Å². The zero-order valence-electron chi connectivity index (χ0n) is 17.3. The van der Waals surface area contributed by atoms with Crippen LogP contribution >= 0.6 is 0 Å². The molecule has 3 rings (SSSR count). The number of nitrogens with one attached hydrogen (secondary N) is 1.